The summed E-state index contributed by atoms with van der Waals surface area (Å²) >= 11 is 0. The van der Waals surface area contributed by atoms with Crippen LogP contribution in [0.1, 0.15) is 45.4 Å². The van der Waals surface area contributed by atoms with Crippen LogP contribution in [0.2, 0.25) is 0 Å². The first-order valence-electron chi connectivity index (χ1n) is 7.35. The Kier molecular flexibility index (Phi) is 3.21. The topological polar surface area (TPSA) is 15.3 Å². The molecule has 16 heavy (non-hydrogen) atoms. The fourth-order valence-electron chi connectivity index (χ4n) is 4.17. The summed E-state index contributed by atoms with van der Waals surface area (Å²) in [6.07, 6.45) is 8.62. The average molecular weight is 222 g/mol. The first-order valence-corrected chi connectivity index (χ1v) is 7.35. The summed E-state index contributed by atoms with van der Waals surface area (Å²) in [7, 11) is 0. The van der Waals surface area contributed by atoms with Crippen LogP contribution in [-0.2, 0) is 0 Å². The molecule has 2 nitrogen and oxygen atoms in total. The predicted octanol–water partition coefficient (Wildman–Crippen LogP) is 2.25. The Bertz CT molecular complexity index is 233. The number of nitrogens with zero attached hydrogens (tertiary/aromatic N) is 1. The Balaban J connectivity index is 1.58. The Hall–Kier alpha value is -0.0800. The van der Waals surface area contributed by atoms with Crippen LogP contribution in [0.5, 0.6) is 0 Å². The zero-order valence-corrected chi connectivity index (χ0v) is 10.6. The van der Waals surface area contributed by atoms with Crippen molar-refractivity contribution in [1.29, 1.82) is 0 Å². The van der Waals surface area contributed by atoms with Gasteiger partial charge in [0.25, 0.3) is 0 Å². The summed E-state index contributed by atoms with van der Waals surface area (Å²) in [5, 5.41) is 4.01. The largest absolute Gasteiger partial charge is 0.309 e. The Morgan fingerprint density at radius 2 is 1.88 bits per heavy atom. The summed E-state index contributed by atoms with van der Waals surface area (Å²) in [6, 6.07) is 1.66. The van der Waals surface area contributed by atoms with Crippen LogP contribution >= 0.6 is 0 Å². The van der Waals surface area contributed by atoms with Gasteiger partial charge in [0, 0.05) is 18.6 Å². The third kappa shape index (κ3) is 2.02. The van der Waals surface area contributed by atoms with E-state index in [2.05, 4.69) is 17.1 Å². The maximum Gasteiger partial charge on any atom is 0.0226 e. The molecule has 1 saturated carbocycles. The lowest BCUT2D eigenvalue weighted by atomic mass is 9.83. The van der Waals surface area contributed by atoms with Crippen molar-refractivity contribution in [2.45, 2.75) is 57.5 Å². The molecule has 0 aromatic heterocycles. The molecule has 0 aromatic carbocycles. The van der Waals surface area contributed by atoms with Crippen molar-refractivity contribution in [3.63, 3.8) is 0 Å². The first-order chi connectivity index (χ1) is 7.86. The lowest BCUT2D eigenvalue weighted by Crippen LogP contribution is -2.58. The smallest absolute Gasteiger partial charge is 0.0226 e. The predicted molar refractivity (Wildman–Crippen MR) is 67.5 cm³/mol. The van der Waals surface area contributed by atoms with Gasteiger partial charge in [0.15, 0.2) is 0 Å². The summed E-state index contributed by atoms with van der Waals surface area (Å²) < 4.78 is 0. The van der Waals surface area contributed by atoms with E-state index in [1.807, 2.05) is 0 Å². The molecule has 1 N–H and O–H groups in total. The fourth-order valence-corrected chi connectivity index (χ4v) is 4.17. The Morgan fingerprint density at radius 1 is 1.06 bits per heavy atom. The molecule has 3 heterocycles. The zero-order valence-electron chi connectivity index (χ0n) is 10.6. The molecule has 0 spiro atoms. The van der Waals surface area contributed by atoms with Crippen molar-refractivity contribution in [2.75, 3.05) is 19.6 Å². The van der Waals surface area contributed by atoms with Crippen molar-refractivity contribution in [3.8, 4) is 0 Å². The number of fused-ring (bicyclic) bond motifs is 3. The van der Waals surface area contributed by atoms with Gasteiger partial charge in [-0.1, -0.05) is 19.8 Å². The van der Waals surface area contributed by atoms with E-state index in [4.69, 9.17) is 0 Å². The maximum atomic E-state index is 4.01. The minimum Gasteiger partial charge on any atom is -0.309 e. The summed E-state index contributed by atoms with van der Waals surface area (Å²) in [4.78, 5) is 2.66. The van der Waals surface area contributed by atoms with Gasteiger partial charge >= 0.3 is 0 Å². The van der Waals surface area contributed by atoms with E-state index < -0.39 is 0 Å². The van der Waals surface area contributed by atoms with Crippen LogP contribution in [-0.4, -0.2) is 36.6 Å². The molecule has 0 amide bonds. The van der Waals surface area contributed by atoms with Crippen LogP contribution in [0.15, 0.2) is 0 Å². The molecule has 0 radical (unpaired) electrons. The molecule has 3 aliphatic heterocycles. The van der Waals surface area contributed by atoms with Gasteiger partial charge in [-0.05, 0) is 50.6 Å². The molecular weight excluding hydrogens is 196 g/mol. The lowest BCUT2D eigenvalue weighted by Gasteiger charge is -2.46. The number of rotatable bonds is 3. The number of nitrogens with one attached hydrogen (secondary N) is 1. The Morgan fingerprint density at radius 3 is 2.50 bits per heavy atom. The normalized spacial score (nSPS) is 47.4. The van der Waals surface area contributed by atoms with Gasteiger partial charge in [-0.15, -0.1) is 0 Å². The minimum atomic E-state index is 0.819. The quantitative estimate of drug-likeness (QED) is 0.788. The van der Waals surface area contributed by atoms with E-state index in [1.165, 1.54) is 58.2 Å². The van der Waals surface area contributed by atoms with Crippen molar-refractivity contribution in [1.82, 2.24) is 10.2 Å². The highest BCUT2D eigenvalue weighted by atomic mass is 15.2. The van der Waals surface area contributed by atoms with Crippen molar-refractivity contribution in [3.05, 3.63) is 0 Å². The summed E-state index contributed by atoms with van der Waals surface area (Å²) in [5.41, 5.74) is 0. The van der Waals surface area contributed by atoms with Gasteiger partial charge in [0.2, 0.25) is 0 Å². The molecule has 2 bridgehead atoms. The highest BCUT2D eigenvalue weighted by molar-refractivity contribution is 4.94. The molecule has 3 unspecified atom stereocenters. The van der Waals surface area contributed by atoms with Gasteiger partial charge in [-0.2, -0.15) is 0 Å². The SMILES string of the molecule is CCC1CCCC1NC1CN2CCC1CC2. The zero-order chi connectivity index (χ0) is 11.0. The minimum absolute atomic E-state index is 0.819. The second-order valence-corrected chi connectivity index (χ2v) is 6.12. The molecule has 3 saturated heterocycles. The van der Waals surface area contributed by atoms with Crippen LogP contribution in [0.25, 0.3) is 0 Å². The van der Waals surface area contributed by atoms with E-state index in [9.17, 15) is 0 Å². The molecular formula is C14H26N2. The molecule has 3 atom stereocenters. The molecule has 4 fully saturated rings. The van der Waals surface area contributed by atoms with E-state index in [0.29, 0.717) is 0 Å². The monoisotopic (exact) mass is 222 g/mol. The lowest BCUT2D eigenvalue weighted by molar-refractivity contribution is 0.0640. The molecule has 4 rings (SSSR count). The van der Waals surface area contributed by atoms with Crippen LogP contribution in [0, 0.1) is 11.8 Å². The van der Waals surface area contributed by atoms with Gasteiger partial charge < -0.3 is 10.2 Å². The van der Waals surface area contributed by atoms with Crippen LogP contribution in [0.3, 0.4) is 0 Å². The van der Waals surface area contributed by atoms with Gasteiger partial charge in [0.1, 0.15) is 0 Å². The van der Waals surface area contributed by atoms with Crippen LogP contribution in [0.4, 0.5) is 0 Å². The highest BCUT2D eigenvalue weighted by Crippen LogP contribution is 2.32. The van der Waals surface area contributed by atoms with Crippen molar-refractivity contribution >= 4 is 0 Å². The van der Waals surface area contributed by atoms with E-state index in [-0.39, 0.29) is 0 Å². The third-order valence-electron chi connectivity index (χ3n) is 5.27. The maximum absolute atomic E-state index is 4.01. The molecule has 4 aliphatic rings. The highest BCUT2D eigenvalue weighted by Gasteiger charge is 2.36. The van der Waals surface area contributed by atoms with Gasteiger partial charge in [-0.25, -0.2) is 0 Å². The molecule has 2 heteroatoms. The number of piperidine rings is 3. The van der Waals surface area contributed by atoms with Gasteiger partial charge in [0.05, 0.1) is 0 Å². The standard InChI is InChI=1S/C14H26N2/c1-2-11-4-3-5-13(11)15-14-10-16-8-6-12(14)7-9-16/h11-15H,2-10H2,1H3. The third-order valence-corrected chi connectivity index (χ3v) is 5.27. The van der Waals surface area contributed by atoms with Crippen molar-refractivity contribution < 1.29 is 0 Å². The molecule has 0 aromatic rings. The van der Waals surface area contributed by atoms with Gasteiger partial charge in [-0.3, -0.25) is 0 Å². The van der Waals surface area contributed by atoms with E-state index in [1.54, 1.807) is 0 Å². The van der Waals surface area contributed by atoms with E-state index in [0.717, 1.165) is 23.9 Å². The number of hydrogen-bond acceptors (Lipinski definition) is 2. The second-order valence-electron chi connectivity index (χ2n) is 6.12. The summed E-state index contributed by atoms with van der Waals surface area (Å²) in [6.45, 7) is 6.42. The average Bonchev–Trinajstić information content (AvgIpc) is 2.78. The first kappa shape index (κ1) is 11.0. The second kappa shape index (κ2) is 4.66. The number of hydrogen-bond donors (Lipinski definition) is 1. The molecule has 92 valence electrons. The Labute approximate surface area is 99.8 Å². The van der Waals surface area contributed by atoms with E-state index >= 15 is 0 Å². The van der Waals surface area contributed by atoms with Crippen LogP contribution < -0.4 is 5.32 Å². The molecule has 1 aliphatic carbocycles. The van der Waals surface area contributed by atoms with Crippen molar-refractivity contribution in [2.24, 2.45) is 11.8 Å². The summed E-state index contributed by atoms with van der Waals surface area (Å²) in [5.74, 6) is 1.96. The fraction of sp³-hybridized carbons (Fsp3) is 1.00.